The van der Waals surface area contributed by atoms with Gasteiger partial charge in [0.15, 0.2) is 0 Å². The van der Waals surface area contributed by atoms with Gasteiger partial charge in [0, 0.05) is 30.6 Å². The lowest BCUT2D eigenvalue weighted by atomic mass is 10.1. The number of nitrogens with zero attached hydrogens (tertiary/aromatic N) is 3. The summed E-state index contributed by atoms with van der Waals surface area (Å²) in [4.78, 5) is 22.6. The molecule has 1 saturated heterocycles. The zero-order chi connectivity index (χ0) is 17.1. The largest absolute Gasteiger partial charge is 0.353 e. The summed E-state index contributed by atoms with van der Waals surface area (Å²) in [6.45, 7) is 5.24. The van der Waals surface area contributed by atoms with E-state index in [0.717, 1.165) is 13.0 Å². The second-order valence-corrected chi connectivity index (χ2v) is 6.34. The van der Waals surface area contributed by atoms with Crippen LogP contribution >= 0.6 is 0 Å². The highest BCUT2D eigenvalue weighted by atomic mass is 19.1. The fourth-order valence-corrected chi connectivity index (χ4v) is 2.76. The van der Waals surface area contributed by atoms with Crippen molar-refractivity contribution >= 4 is 11.7 Å². The number of hydrogen-bond donors (Lipinski definition) is 1. The summed E-state index contributed by atoms with van der Waals surface area (Å²) in [6.07, 6.45) is 4.11. The summed E-state index contributed by atoms with van der Waals surface area (Å²) in [6, 6.07) is 6.65. The lowest BCUT2D eigenvalue weighted by Gasteiger charge is -2.19. The highest BCUT2D eigenvalue weighted by Gasteiger charge is 2.26. The third-order valence-corrected chi connectivity index (χ3v) is 4.15. The number of aromatic nitrogens is 2. The Balaban J connectivity index is 1.74. The standard InChI is InChI=1S/C18H21FN4O/c1-12(2)18(24)21-13-7-8-23(11-13)17-10-20-9-16(22-17)14-5-3-4-6-15(14)19/h3-6,9-10,12-13H,7-8,11H2,1-2H3,(H,21,24)/t13-/m1/s1. The summed E-state index contributed by atoms with van der Waals surface area (Å²) >= 11 is 0. The Morgan fingerprint density at radius 3 is 2.88 bits per heavy atom. The van der Waals surface area contributed by atoms with Gasteiger partial charge in [0.2, 0.25) is 5.91 Å². The first-order valence-electron chi connectivity index (χ1n) is 8.17. The normalized spacial score (nSPS) is 17.3. The van der Waals surface area contributed by atoms with Crippen molar-refractivity contribution in [1.29, 1.82) is 0 Å². The molecule has 0 saturated carbocycles. The molecule has 2 aromatic rings. The van der Waals surface area contributed by atoms with Gasteiger partial charge in [0.25, 0.3) is 0 Å². The van der Waals surface area contributed by atoms with Crippen molar-refractivity contribution in [3.8, 4) is 11.3 Å². The molecule has 1 N–H and O–H groups in total. The molecule has 24 heavy (non-hydrogen) atoms. The average Bonchev–Trinajstić information content (AvgIpc) is 3.04. The van der Waals surface area contributed by atoms with Gasteiger partial charge in [-0.25, -0.2) is 9.37 Å². The molecule has 1 atom stereocenters. The van der Waals surface area contributed by atoms with Gasteiger partial charge in [-0.05, 0) is 18.6 Å². The number of amides is 1. The maximum Gasteiger partial charge on any atom is 0.222 e. The Morgan fingerprint density at radius 1 is 1.33 bits per heavy atom. The fourth-order valence-electron chi connectivity index (χ4n) is 2.76. The average molecular weight is 328 g/mol. The van der Waals surface area contributed by atoms with E-state index < -0.39 is 0 Å². The van der Waals surface area contributed by atoms with Crippen LogP contribution in [0, 0.1) is 11.7 Å². The van der Waals surface area contributed by atoms with Gasteiger partial charge in [0.05, 0.1) is 18.1 Å². The molecule has 1 aromatic carbocycles. The molecule has 3 rings (SSSR count). The van der Waals surface area contributed by atoms with Crippen molar-refractivity contribution in [3.05, 3.63) is 42.5 Å². The molecule has 0 radical (unpaired) electrons. The maximum absolute atomic E-state index is 13.9. The number of benzene rings is 1. The molecule has 126 valence electrons. The Kier molecular flexibility index (Phi) is 4.74. The minimum absolute atomic E-state index is 0.0248. The van der Waals surface area contributed by atoms with E-state index in [0.29, 0.717) is 23.6 Å². The maximum atomic E-state index is 13.9. The summed E-state index contributed by atoms with van der Waals surface area (Å²) in [7, 11) is 0. The minimum atomic E-state index is -0.313. The van der Waals surface area contributed by atoms with Gasteiger partial charge < -0.3 is 10.2 Å². The number of anilines is 1. The number of hydrogen-bond acceptors (Lipinski definition) is 4. The second-order valence-electron chi connectivity index (χ2n) is 6.34. The molecule has 1 fully saturated rings. The van der Waals surface area contributed by atoms with E-state index in [-0.39, 0.29) is 23.7 Å². The predicted molar refractivity (Wildman–Crippen MR) is 91.0 cm³/mol. The van der Waals surface area contributed by atoms with E-state index in [1.807, 2.05) is 13.8 Å². The van der Waals surface area contributed by atoms with Crippen molar-refractivity contribution in [1.82, 2.24) is 15.3 Å². The van der Waals surface area contributed by atoms with Crippen molar-refractivity contribution in [3.63, 3.8) is 0 Å². The molecule has 0 bridgehead atoms. The van der Waals surface area contributed by atoms with Crippen LogP contribution in [0.5, 0.6) is 0 Å². The lowest BCUT2D eigenvalue weighted by Crippen LogP contribution is -2.39. The molecule has 1 aliphatic heterocycles. The Bertz CT molecular complexity index is 734. The molecule has 1 amide bonds. The van der Waals surface area contributed by atoms with Crippen molar-refractivity contribution in [2.24, 2.45) is 5.92 Å². The summed E-state index contributed by atoms with van der Waals surface area (Å²) in [5.41, 5.74) is 0.955. The van der Waals surface area contributed by atoms with Gasteiger partial charge in [0.1, 0.15) is 11.6 Å². The molecule has 1 aliphatic rings. The minimum Gasteiger partial charge on any atom is -0.353 e. The zero-order valence-corrected chi connectivity index (χ0v) is 13.9. The smallest absolute Gasteiger partial charge is 0.222 e. The molecule has 2 heterocycles. The first kappa shape index (κ1) is 16.4. The SMILES string of the molecule is CC(C)C(=O)N[C@@H]1CCN(c2cncc(-c3ccccc3F)n2)C1. The third kappa shape index (κ3) is 3.53. The van der Waals surface area contributed by atoms with Crippen LogP contribution in [-0.4, -0.2) is 35.0 Å². The zero-order valence-electron chi connectivity index (χ0n) is 13.9. The Morgan fingerprint density at radius 2 is 2.12 bits per heavy atom. The van der Waals surface area contributed by atoms with Crippen LogP contribution in [-0.2, 0) is 4.79 Å². The van der Waals surface area contributed by atoms with E-state index in [1.165, 1.54) is 6.07 Å². The number of nitrogens with one attached hydrogen (secondary N) is 1. The third-order valence-electron chi connectivity index (χ3n) is 4.15. The van der Waals surface area contributed by atoms with Crippen molar-refractivity contribution < 1.29 is 9.18 Å². The molecule has 6 heteroatoms. The van der Waals surface area contributed by atoms with E-state index >= 15 is 0 Å². The summed E-state index contributed by atoms with van der Waals surface area (Å²) < 4.78 is 13.9. The lowest BCUT2D eigenvalue weighted by molar-refractivity contribution is -0.124. The second kappa shape index (κ2) is 6.95. The van der Waals surface area contributed by atoms with Gasteiger partial charge >= 0.3 is 0 Å². The fraction of sp³-hybridized carbons (Fsp3) is 0.389. The van der Waals surface area contributed by atoms with Gasteiger partial charge in [-0.15, -0.1) is 0 Å². The topological polar surface area (TPSA) is 58.1 Å². The monoisotopic (exact) mass is 328 g/mol. The number of carbonyl (C=O) groups is 1. The molecule has 0 unspecified atom stereocenters. The molecule has 5 nitrogen and oxygen atoms in total. The van der Waals surface area contributed by atoms with Crippen LogP contribution in [0.3, 0.4) is 0 Å². The first-order chi connectivity index (χ1) is 11.5. The molecule has 1 aromatic heterocycles. The van der Waals surface area contributed by atoms with Crippen molar-refractivity contribution in [2.75, 3.05) is 18.0 Å². The van der Waals surface area contributed by atoms with Crippen molar-refractivity contribution in [2.45, 2.75) is 26.3 Å². The highest BCUT2D eigenvalue weighted by molar-refractivity contribution is 5.78. The van der Waals surface area contributed by atoms with E-state index in [1.54, 1.807) is 30.6 Å². The van der Waals surface area contributed by atoms with Crippen LogP contribution in [0.2, 0.25) is 0 Å². The van der Waals surface area contributed by atoms with Gasteiger partial charge in [-0.2, -0.15) is 0 Å². The Labute approximate surface area is 140 Å². The highest BCUT2D eigenvalue weighted by Crippen LogP contribution is 2.24. The number of halogens is 1. The van der Waals surface area contributed by atoms with Gasteiger partial charge in [-0.3, -0.25) is 9.78 Å². The van der Waals surface area contributed by atoms with Crippen LogP contribution in [0.4, 0.5) is 10.2 Å². The molecule has 0 aliphatic carbocycles. The number of carbonyl (C=O) groups excluding carboxylic acids is 1. The molecular formula is C18H21FN4O. The molecular weight excluding hydrogens is 307 g/mol. The van der Waals surface area contributed by atoms with Gasteiger partial charge in [-0.1, -0.05) is 26.0 Å². The molecule has 0 spiro atoms. The summed E-state index contributed by atoms with van der Waals surface area (Å²) in [5.74, 6) is 0.431. The van der Waals surface area contributed by atoms with Crippen LogP contribution < -0.4 is 10.2 Å². The Hall–Kier alpha value is -2.50. The number of rotatable bonds is 4. The van der Waals surface area contributed by atoms with Crippen LogP contribution in [0.15, 0.2) is 36.7 Å². The quantitative estimate of drug-likeness (QED) is 0.937. The van der Waals surface area contributed by atoms with E-state index in [9.17, 15) is 9.18 Å². The van der Waals surface area contributed by atoms with Crippen LogP contribution in [0.25, 0.3) is 11.3 Å². The predicted octanol–water partition coefficient (Wildman–Crippen LogP) is 2.63. The van der Waals surface area contributed by atoms with Crippen LogP contribution in [0.1, 0.15) is 20.3 Å². The summed E-state index contributed by atoms with van der Waals surface area (Å²) in [5, 5.41) is 3.04. The van der Waals surface area contributed by atoms with E-state index in [2.05, 4.69) is 20.2 Å². The van der Waals surface area contributed by atoms with E-state index in [4.69, 9.17) is 0 Å². The first-order valence-corrected chi connectivity index (χ1v) is 8.17.